The molecule has 0 fully saturated rings. The second-order valence-corrected chi connectivity index (χ2v) is 13.5. The Bertz CT molecular complexity index is 903. The first kappa shape index (κ1) is 29.4. The van der Waals surface area contributed by atoms with Crippen LogP contribution in [0.4, 0.5) is 0 Å². The van der Waals surface area contributed by atoms with Gasteiger partial charge in [-0.05, 0) is 98.8 Å². The van der Waals surface area contributed by atoms with E-state index in [0.29, 0.717) is 23.5 Å². The maximum absolute atomic E-state index is 9.82. The van der Waals surface area contributed by atoms with E-state index in [1.54, 1.807) is 0 Å². The highest BCUT2D eigenvalue weighted by molar-refractivity contribution is 5.29. The fraction of sp³-hybridized carbons (Fsp3) is 0.636. The molecule has 2 rings (SSSR count). The summed E-state index contributed by atoms with van der Waals surface area (Å²) >= 11 is 0. The first-order chi connectivity index (χ1) is 16.0. The fourth-order valence-electron chi connectivity index (χ4n) is 6.07. The Kier molecular flexibility index (Phi) is 9.67. The maximum atomic E-state index is 9.82. The van der Waals surface area contributed by atoms with E-state index in [4.69, 9.17) is 4.74 Å². The highest BCUT2D eigenvalue weighted by Crippen LogP contribution is 2.50. The van der Waals surface area contributed by atoms with Gasteiger partial charge in [0.2, 0.25) is 0 Å². The van der Waals surface area contributed by atoms with Gasteiger partial charge in [-0.2, -0.15) is 0 Å². The van der Waals surface area contributed by atoms with Crippen molar-refractivity contribution >= 4 is 0 Å². The van der Waals surface area contributed by atoms with Crippen LogP contribution in [0.15, 0.2) is 48.5 Å². The lowest BCUT2D eigenvalue weighted by atomic mass is 9.62. The number of phenolic OH excluding ortho intramolecular Hbond substituents is 1. The second kappa shape index (κ2) is 11.5. The third kappa shape index (κ3) is 8.67. The Morgan fingerprint density at radius 2 is 1.29 bits per heavy atom. The lowest BCUT2D eigenvalue weighted by Gasteiger charge is -2.44. The van der Waals surface area contributed by atoms with Crippen LogP contribution in [0.2, 0.25) is 0 Å². The lowest BCUT2D eigenvalue weighted by Crippen LogP contribution is -2.38. The minimum atomic E-state index is -0.222. The Labute approximate surface area is 216 Å². The van der Waals surface area contributed by atoms with Crippen LogP contribution in [0.1, 0.15) is 117 Å². The fourth-order valence-corrected chi connectivity index (χ4v) is 6.07. The number of rotatable bonds is 12. The number of ether oxygens (including phenoxy) is 1. The molecule has 2 aromatic rings. The van der Waals surface area contributed by atoms with Crippen LogP contribution in [-0.4, -0.2) is 10.7 Å². The lowest BCUT2D eigenvalue weighted by molar-refractivity contribution is -0.106. The molecule has 1 N–H and O–H groups in total. The molecule has 0 aliphatic carbocycles. The number of hydrogen-bond donors (Lipinski definition) is 1. The van der Waals surface area contributed by atoms with Crippen molar-refractivity contribution in [1.29, 1.82) is 0 Å². The normalized spacial score (nSPS) is 15.8. The Balaban J connectivity index is 2.14. The number of benzene rings is 2. The zero-order valence-corrected chi connectivity index (χ0v) is 24.4. The van der Waals surface area contributed by atoms with Crippen molar-refractivity contribution in [1.82, 2.24) is 0 Å². The predicted molar refractivity (Wildman–Crippen MR) is 151 cm³/mol. The summed E-state index contributed by atoms with van der Waals surface area (Å²) in [5.74, 6) is 1.82. The molecule has 0 aromatic heterocycles. The zero-order valence-electron chi connectivity index (χ0n) is 24.4. The van der Waals surface area contributed by atoms with Gasteiger partial charge in [0.1, 0.15) is 5.75 Å². The van der Waals surface area contributed by atoms with E-state index in [2.05, 4.69) is 113 Å². The van der Waals surface area contributed by atoms with Gasteiger partial charge in [-0.25, -0.2) is 0 Å². The molecule has 0 amide bonds. The largest absolute Gasteiger partial charge is 0.508 e. The van der Waals surface area contributed by atoms with E-state index >= 15 is 0 Å². The molecule has 0 bridgehead atoms. The van der Waals surface area contributed by atoms with Crippen LogP contribution in [0, 0.1) is 29.6 Å². The number of hydrogen-bond acceptors (Lipinski definition) is 2. The van der Waals surface area contributed by atoms with E-state index in [0.717, 1.165) is 19.3 Å². The number of aromatic hydroxyl groups is 1. The van der Waals surface area contributed by atoms with Crippen molar-refractivity contribution in [2.45, 2.75) is 113 Å². The average Bonchev–Trinajstić information content (AvgIpc) is 2.71. The Morgan fingerprint density at radius 1 is 0.771 bits per heavy atom. The first-order valence-corrected chi connectivity index (χ1v) is 13.6. The quantitative estimate of drug-likeness (QED) is 0.327. The molecule has 0 aliphatic rings. The van der Waals surface area contributed by atoms with Crippen molar-refractivity contribution in [3.05, 3.63) is 65.2 Å². The van der Waals surface area contributed by atoms with Gasteiger partial charge < -0.3 is 9.84 Å². The van der Waals surface area contributed by atoms with E-state index in [1.165, 1.54) is 16.7 Å². The van der Waals surface area contributed by atoms with Crippen molar-refractivity contribution in [3.8, 4) is 5.75 Å². The first-order valence-electron chi connectivity index (χ1n) is 13.6. The molecule has 0 radical (unpaired) electrons. The summed E-state index contributed by atoms with van der Waals surface area (Å²) in [6.07, 6.45) is 3.45. The smallest absolute Gasteiger partial charge is 0.115 e. The second-order valence-electron chi connectivity index (χ2n) is 13.5. The molecule has 2 aromatic carbocycles. The molecule has 0 saturated carbocycles. The van der Waals surface area contributed by atoms with Crippen LogP contribution >= 0.6 is 0 Å². The van der Waals surface area contributed by atoms with Crippen molar-refractivity contribution in [2.75, 3.05) is 0 Å². The third-order valence-corrected chi connectivity index (χ3v) is 7.95. The zero-order chi connectivity index (χ0) is 26.6. The monoisotopic (exact) mass is 480 g/mol. The highest BCUT2D eigenvalue weighted by atomic mass is 16.5. The molecule has 2 nitrogen and oxygen atoms in total. The van der Waals surface area contributed by atoms with Gasteiger partial charge in [-0.1, -0.05) is 90.4 Å². The molecule has 0 aliphatic heterocycles. The van der Waals surface area contributed by atoms with E-state index in [1.807, 2.05) is 12.1 Å². The van der Waals surface area contributed by atoms with E-state index in [9.17, 15) is 5.11 Å². The Hall–Kier alpha value is -1.80. The Morgan fingerprint density at radius 3 is 1.80 bits per heavy atom. The van der Waals surface area contributed by atoms with Gasteiger partial charge in [0, 0.05) is 0 Å². The molecular formula is C33H52O2. The predicted octanol–water partition coefficient (Wildman–Crippen LogP) is 9.86. The SMILES string of the molecule is Cc1ccc(C(C)OC(C)(C)C(C)CC(C)(C)CC(C)(C)C(CC(C)C)c2ccc(O)cc2)cc1. The minimum Gasteiger partial charge on any atom is -0.508 e. The summed E-state index contributed by atoms with van der Waals surface area (Å²) in [4.78, 5) is 0. The van der Waals surface area contributed by atoms with Crippen LogP contribution in [0.25, 0.3) is 0 Å². The number of phenols is 1. The van der Waals surface area contributed by atoms with Crippen LogP contribution < -0.4 is 0 Å². The van der Waals surface area contributed by atoms with Crippen molar-refractivity contribution in [2.24, 2.45) is 22.7 Å². The summed E-state index contributed by atoms with van der Waals surface area (Å²) in [6.45, 7) is 25.5. The maximum Gasteiger partial charge on any atom is 0.115 e. The van der Waals surface area contributed by atoms with Crippen LogP contribution in [0.3, 0.4) is 0 Å². The summed E-state index contributed by atoms with van der Waals surface area (Å²) in [5, 5.41) is 9.82. The summed E-state index contributed by atoms with van der Waals surface area (Å²) in [6, 6.07) is 16.6. The molecule has 2 heteroatoms. The standard InChI is InChI=1S/C33H52O2/c1-23(2)20-30(28-16-18-29(34)19-17-28)32(8,9)22-31(6,7)21-25(4)33(10,11)35-26(5)27-14-12-24(3)13-15-27/h12-19,23,25-26,30,34H,20-22H2,1-11H3. The molecule has 0 heterocycles. The summed E-state index contributed by atoms with van der Waals surface area (Å²) < 4.78 is 6.66. The van der Waals surface area contributed by atoms with Gasteiger partial charge >= 0.3 is 0 Å². The third-order valence-electron chi connectivity index (χ3n) is 7.95. The molecular weight excluding hydrogens is 428 g/mol. The highest BCUT2D eigenvalue weighted by Gasteiger charge is 2.39. The van der Waals surface area contributed by atoms with Crippen LogP contribution in [-0.2, 0) is 4.74 Å². The summed E-state index contributed by atoms with van der Waals surface area (Å²) in [7, 11) is 0. The van der Waals surface area contributed by atoms with Gasteiger partial charge in [-0.3, -0.25) is 0 Å². The van der Waals surface area contributed by atoms with Gasteiger partial charge in [0.15, 0.2) is 0 Å². The molecule has 3 atom stereocenters. The molecule has 0 spiro atoms. The molecule has 3 unspecified atom stereocenters. The number of aryl methyl sites for hydroxylation is 1. The van der Waals surface area contributed by atoms with E-state index < -0.39 is 0 Å². The van der Waals surface area contributed by atoms with E-state index in [-0.39, 0.29) is 22.5 Å². The molecule has 35 heavy (non-hydrogen) atoms. The molecule has 196 valence electrons. The van der Waals surface area contributed by atoms with Crippen molar-refractivity contribution in [3.63, 3.8) is 0 Å². The van der Waals surface area contributed by atoms with Gasteiger partial charge in [0.25, 0.3) is 0 Å². The summed E-state index contributed by atoms with van der Waals surface area (Å²) in [5.41, 5.74) is 3.93. The minimum absolute atomic E-state index is 0.0671. The van der Waals surface area contributed by atoms with Gasteiger partial charge in [-0.15, -0.1) is 0 Å². The topological polar surface area (TPSA) is 29.5 Å². The average molecular weight is 481 g/mol. The van der Waals surface area contributed by atoms with Crippen LogP contribution in [0.5, 0.6) is 5.75 Å². The van der Waals surface area contributed by atoms with Gasteiger partial charge in [0.05, 0.1) is 11.7 Å². The van der Waals surface area contributed by atoms with Crippen molar-refractivity contribution < 1.29 is 9.84 Å². The molecule has 0 saturated heterocycles.